The molecule has 25 heteroatoms. The standard InChI is InChI=1S/C116H114O25/c1-121-113-105(129-74-87-55-29-9-30-56-87)101(126-71-84-49-23-6-24-50-84)98(124-69-82-45-19-4-20-46-82)94(134-113)77-133-116-108(141-112(120)92-65-39-14-40-66-92)104(139-110(118)90-61-35-12-36-62-90)100(138-109(117)89-59-33-11-34-60-89)96(137-116)79-131-114-106(130-75-88-57-31-10-32-58-88)102(127-72-85-51-25-7-26-52-85)99(125-70-83-47-21-5-22-48-83)95(136-114)78-132-115-107(140-111(119)91-63-37-13-38-64-91)103(128-73-86-53-27-8-28-54-86)97(123-68-81-43-17-3-18-44-81)93(135-115)76-122-67-80-41-15-2-16-42-80/h2-66,93-108,113-116H,67-79H2,1H3. The maximum absolute atomic E-state index is 15.5. The van der Waals surface area contributed by atoms with E-state index in [2.05, 4.69) is 0 Å². The predicted octanol–water partition coefficient (Wildman–Crippen LogP) is 18.4. The maximum Gasteiger partial charge on any atom is 0.338 e. The SMILES string of the molecule is COC1OC(COC2OC(COC3OC(COC4OC(COCc5ccccc5)C(OCc5ccccc5)C(OCc5ccccc5)C4OC(=O)c4ccccc4)C(OCc4ccccc4)C(OCc4ccccc4)C3OCc3ccccc3)C(OC(=O)c3ccccc3)C(OC(=O)c3ccccc3)C2OC(=O)c2ccccc2)C(OCc2ccccc2)C(OCc2ccccc2)C1OCc1ccccc1. The summed E-state index contributed by atoms with van der Waals surface area (Å²) in [6, 6.07) is 120. The summed E-state index contributed by atoms with van der Waals surface area (Å²) in [5.74, 6) is -3.45. The largest absolute Gasteiger partial charge is 0.452 e. The average Bonchev–Trinajstić information content (AvgIpc) is 0.770. The number of ether oxygens (including phenoxy) is 21. The van der Waals surface area contributed by atoms with E-state index in [1.807, 2.05) is 273 Å². The summed E-state index contributed by atoms with van der Waals surface area (Å²) < 4.78 is 149. The van der Waals surface area contributed by atoms with Crippen LogP contribution in [0.2, 0.25) is 0 Å². The first-order valence-electron chi connectivity index (χ1n) is 47.4. The molecule has 4 saturated heterocycles. The van der Waals surface area contributed by atoms with Gasteiger partial charge in [-0.05, 0) is 98.6 Å². The summed E-state index contributed by atoms with van der Waals surface area (Å²) in [5, 5.41) is 0. The second-order valence-electron chi connectivity index (χ2n) is 34.4. The highest BCUT2D eigenvalue weighted by Crippen LogP contribution is 2.40. The van der Waals surface area contributed by atoms with Gasteiger partial charge >= 0.3 is 23.9 Å². The Morgan fingerprint density at radius 3 is 0.638 bits per heavy atom. The normalized spacial score (nSPS) is 24.4. The first-order valence-corrected chi connectivity index (χ1v) is 47.4. The van der Waals surface area contributed by atoms with Gasteiger partial charge in [-0.1, -0.05) is 346 Å². The van der Waals surface area contributed by atoms with Crippen molar-refractivity contribution in [1.29, 1.82) is 0 Å². The van der Waals surface area contributed by atoms with E-state index in [1.165, 1.54) is 7.11 Å². The van der Waals surface area contributed by atoms with Gasteiger partial charge in [-0.3, -0.25) is 0 Å². The second-order valence-corrected chi connectivity index (χ2v) is 34.4. The smallest absolute Gasteiger partial charge is 0.338 e. The van der Waals surface area contributed by atoms with E-state index < -0.39 is 167 Å². The van der Waals surface area contributed by atoms with Crippen molar-refractivity contribution in [1.82, 2.24) is 0 Å². The van der Waals surface area contributed by atoms with Gasteiger partial charge in [-0.15, -0.1) is 0 Å². The molecule has 17 rings (SSSR count). The molecule has 4 heterocycles. The van der Waals surface area contributed by atoms with Crippen LogP contribution in [0, 0.1) is 0 Å². The number of esters is 4. The zero-order valence-corrected chi connectivity index (χ0v) is 78.0. The number of carbonyl (C=O) groups is 4. The Bertz CT molecular complexity index is 5860. The van der Waals surface area contributed by atoms with Gasteiger partial charge in [0.05, 0.1) is 108 Å². The van der Waals surface area contributed by atoms with Crippen LogP contribution >= 0.6 is 0 Å². The third-order valence-electron chi connectivity index (χ3n) is 24.6. The van der Waals surface area contributed by atoms with Crippen LogP contribution in [0.15, 0.2) is 394 Å². The Kier molecular flexibility index (Phi) is 36.7. The van der Waals surface area contributed by atoms with Crippen LogP contribution in [-0.2, 0) is 159 Å². The topological polar surface area (TPSA) is 262 Å². The van der Waals surface area contributed by atoms with Crippen LogP contribution in [0.4, 0.5) is 0 Å². The van der Waals surface area contributed by atoms with E-state index in [4.69, 9.17) is 99.5 Å². The van der Waals surface area contributed by atoms with E-state index in [1.54, 1.807) is 121 Å². The van der Waals surface area contributed by atoms with Crippen molar-refractivity contribution in [3.05, 3.63) is 467 Å². The van der Waals surface area contributed by atoms with Crippen molar-refractivity contribution in [2.45, 2.75) is 182 Å². The third-order valence-corrected chi connectivity index (χ3v) is 24.6. The molecule has 25 nitrogen and oxygen atoms in total. The average molecular weight is 1910 g/mol. The summed E-state index contributed by atoms with van der Waals surface area (Å²) in [6.45, 7) is -1.15. The summed E-state index contributed by atoms with van der Waals surface area (Å²) in [6.07, 6.45) is -26.9. The lowest BCUT2D eigenvalue weighted by Crippen LogP contribution is -2.65. The molecule has 0 aromatic heterocycles. The lowest BCUT2D eigenvalue weighted by atomic mass is 9.96. The van der Waals surface area contributed by atoms with Crippen LogP contribution in [0.5, 0.6) is 0 Å². The van der Waals surface area contributed by atoms with Gasteiger partial charge in [0.1, 0.15) is 73.2 Å². The van der Waals surface area contributed by atoms with Crippen molar-refractivity contribution in [2.24, 2.45) is 0 Å². The summed E-state index contributed by atoms with van der Waals surface area (Å²) in [5.41, 5.74) is 7.89. The summed E-state index contributed by atoms with van der Waals surface area (Å²) >= 11 is 0. The monoisotopic (exact) mass is 1910 g/mol. The zero-order chi connectivity index (χ0) is 96.4. The van der Waals surface area contributed by atoms with Gasteiger partial charge in [0.15, 0.2) is 49.6 Å². The van der Waals surface area contributed by atoms with Crippen molar-refractivity contribution >= 4 is 23.9 Å². The molecule has 13 aromatic rings. The van der Waals surface area contributed by atoms with Crippen molar-refractivity contribution in [3.63, 3.8) is 0 Å². The number of hydrogen-bond donors (Lipinski definition) is 0. The lowest BCUT2D eigenvalue weighted by molar-refractivity contribution is -0.359. The summed E-state index contributed by atoms with van der Waals surface area (Å²) in [4.78, 5) is 61.5. The van der Waals surface area contributed by atoms with Crippen molar-refractivity contribution in [2.75, 3.05) is 33.5 Å². The van der Waals surface area contributed by atoms with E-state index >= 15 is 19.2 Å². The van der Waals surface area contributed by atoms with Gasteiger partial charge in [0, 0.05) is 7.11 Å². The lowest BCUT2D eigenvalue weighted by Gasteiger charge is -2.48. The molecule has 0 saturated carbocycles. The second kappa shape index (κ2) is 52.0. The van der Waals surface area contributed by atoms with Gasteiger partial charge in [0.2, 0.25) is 0 Å². The Balaban J connectivity index is 0.782. The molecule has 728 valence electrons. The van der Waals surface area contributed by atoms with Gasteiger partial charge < -0.3 is 99.5 Å². The van der Waals surface area contributed by atoms with Crippen molar-refractivity contribution < 1.29 is 119 Å². The highest BCUT2D eigenvalue weighted by Gasteiger charge is 2.58. The molecule has 0 amide bonds. The predicted molar refractivity (Wildman–Crippen MR) is 518 cm³/mol. The summed E-state index contributed by atoms with van der Waals surface area (Å²) in [7, 11) is 1.50. The number of hydrogen-bond acceptors (Lipinski definition) is 25. The molecule has 0 radical (unpaired) electrons. The number of carbonyl (C=O) groups excluding carboxylic acids is 4. The molecular formula is C116H114O25. The van der Waals surface area contributed by atoms with Gasteiger partial charge in [-0.2, -0.15) is 0 Å². The third kappa shape index (κ3) is 28.1. The Labute approximate surface area is 820 Å². The maximum atomic E-state index is 15.5. The van der Waals surface area contributed by atoms with Crippen LogP contribution in [-0.4, -0.2) is 180 Å². The molecule has 0 aliphatic carbocycles. The molecule has 4 aliphatic rings. The van der Waals surface area contributed by atoms with E-state index in [9.17, 15) is 0 Å². The number of methoxy groups -OCH3 is 1. The van der Waals surface area contributed by atoms with E-state index in [0.29, 0.717) is 0 Å². The molecule has 141 heavy (non-hydrogen) atoms. The number of benzene rings is 13. The quantitative estimate of drug-likeness (QED) is 0.0253. The minimum Gasteiger partial charge on any atom is -0.452 e. The molecule has 20 unspecified atom stereocenters. The van der Waals surface area contributed by atoms with Crippen molar-refractivity contribution in [3.8, 4) is 0 Å². The first kappa shape index (κ1) is 99.6. The molecule has 4 aliphatic heterocycles. The fourth-order valence-corrected chi connectivity index (χ4v) is 17.3. The minimum absolute atomic E-state index is 0.00579. The van der Waals surface area contributed by atoms with Gasteiger partial charge in [-0.25, -0.2) is 19.2 Å². The Hall–Kier alpha value is -12.9. The van der Waals surface area contributed by atoms with Crippen LogP contribution in [0.25, 0.3) is 0 Å². The van der Waals surface area contributed by atoms with Crippen LogP contribution < -0.4 is 0 Å². The minimum atomic E-state index is -1.85. The Morgan fingerprint density at radius 1 is 0.184 bits per heavy atom. The fraction of sp³-hybridized carbons (Fsp3) is 0.293. The van der Waals surface area contributed by atoms with Crippen LogP contribution in [0.1, 0.15) is 91.5 Å². The molecule has 4 fully saturated rings. The highest BCUT2D eigenvalue weighted by atomic mass is 16.8. The van der Waals surface area contributed by atoms with E-state index in [0.717, 1.165) is 50.1 Å². The highest BCUT2D eigenvalue weighted by molar-refractivity contribution is 5.91. The molecule has 13 aromatic carbocycles. The van der Waals surface area contributed by atoms with E-state index in [-0.39, 0.29) is 88.3 Å². The number of rotatable bonds is 46. The Morgan fingerprint density at radius 2 is 0.369 bits per heavy atom. The van der Waals surface area contributed by atoms with Crippen LogP contribution in [0.3, 0.4) is 0 Å². The fourth-order valence-electron chi connectivity index (χ4n) is 17.3. The van der Waals surface area contributed by atoms with Gasteiger partial charge in [0.25, 0.3) is 0 Å². The molecule has 0 spiro atoms. The molecule has 0 bridgehead atoms. The zero-order valence-electron chi connectivity index (χ0n) is 78.0. The molecule has 0 N–H and O–H groups in total. The molecular weight excluding hydrogens is 1790 g/mol. The first-order chi connectivity index (χ1) is 69.5. The molecule has 20 atom stereocenters.